The number of halogens is 15. The first kappa shape index (κ1) is 93.7. The summed E-state index contributed by atoms with van der Waals surface area (Å²) < 4.78 is 116. The van der Waals surface area contributed by atoms with Crippen LogP contribution in [0.1, 0.15) is 171 Å². The molecule has 624 valence electrons. The van der Waals surface area contributed by atoms with Crippen molar-refractivity contribution >= 4 is 213 Å². The third-order valence-electron chi connectivity index (χ3n) is 16.6. The fourth-order valence-corrected chi connectivity index (χ4v) is 15.3. The van der Waals surface area contributed by atoms with Crippen LogP contribution in [0.25, 0.3) is 0 Å². The molecule has 0 aliphatic heterocycles. The first-order chi connectivity index (χ1) is 54.1. The lowest BCUT2D eigenvalue weighted by atomic mass is 9.94. The molecular weight excluding hydrogens is 1860 g/mol. The Morgan fingerprint density at radius 2 is 0.684 bits per heavy atom. The van der Waals surface area contributed by atoms with E-state index in [0.29, 0.717) is 86.3 Å². The largest absolute Gasteiger partial charge is 0.419 e. The average molecular weight is 1930 g/mol. The summed E-state index contributed by atoms with van der Waals surface area (Å²) in [6.07, 6.45) is -3.70. The molecule has 0 atom stereocenters. The maximum absolute atomic E-state index is 12.8. The summed E-state index contributed by atoms with van der Waals surface area (Å²) in [6, 6.07) is 4.79. The van der Waals surface area contributed by atoms with Gasteiger partial charge in [0.1, 0.15) is 66.7 Å². The van der Waals surface area contributed by atoms with Crippen LogP contribution < -0.4 is 49.1 Å². The van der Waals surface area contributed by atoms with Gasteiger partial charge in [-0.1, -0.05) is 103 Å². The van der Waals surface area contributed by atoms with Gasteiger partial charge in [-0.2, -0.15) is 55.0 Å². The molecule has 117 heavy (non-hydrogen) atoms. The number of anilines is 11. The third-order valence-corrected chi connectivity index (χ3v) is 26.0. The Kier molecular flexibility index (Phi) is 29.5. The maximum atomic E-state index is 12.8. The van der Waals surface area contributed by atoms with Crippen molar-refractivity contribution in [2.75, 3.05) is 31.9 Å². The molecule has 0 saturated heterocycles. The van der Waals surface area contributed by atoms with Gasteiger partial charge in [0.15, 0.2) is 20.6 Å². The number of primary amides is 3. The SMILES string of the molecule is CC(C)(C(N)=O)c1nc(Cl)c(Nc2ncc(Br)c(NC3CC3)n2)s1.Cc1nc(Nc2sc(C(C)(C)C#N)nc2C2CC2)ncc1C(F)(F)F.Cc1nc(Nc2sc(C(C)(C)C#N)nc2Cl)ncc1C(F)(F)F.Cc1nc(Nc2sc(C(C)(C)C(N)=O)nc2Cl)ncc1Br.Cc1nc(Nc2sc(C(C)(C)C(N)=O)nc2Cl)ncc1C(F)(F)F. The average Bonchev–Trinajstić information content (AvgIpc) is 1.68. The molecule has 2 saturated carbocycles. The molecular formula is C68H69Br2Cl4F9N26O3S5. The number of aromatic nitrogens is 15. The van der Waals surface area contributed by atoms with Gasteiger partial charge in [0.05, 0.1) is 82.5 Å². The van der Waals surface area contributed by atoms with Crippen molar-refractivity contribution in [3.63, 3.8) is 0 Å². The van der Waals surface area contributed by atoms with E-state index < -0.39 is 80.0 Å². The lowest BCUT2D eigenvalue weighted by Crippen LogP contribution is -2.35. The number of alkyl halides is 9. The second kappa shape index (κ2) is 36.8. The van der Waals surface area contributed by atoms with Gasteiger partial charge >= 0.3 is 18.5 Å². The number of amides is 3. The van der Waals surface area contributed by atoms with Gasteiger partial charge in [0.25, 0.3) is 0 Å². The molecule has 29 nitrogen and oxygen atoms in total. The molecule has 0 aromatic carbocycles. The van der Waals surface area contributed by atoms with E-state index in [-0.39, 0.29) is 55.5 Å². The molecule has 0 unspecified atom stereocenters. The van der Waals surface area contributed by atoms with Crippen molar-refractivity contribution in [1.82, 2.24) is 74.8 Å². The summed E-state index contributed by atoms with van der Waals surface area (Å²) in [6.45, 7) is 22.6. The fourth-order valence-electron chi connectivity index (χ4n) is 8.70. The lowest BCUT2D eigenvalue weighted by molar-refractivity contribution is -0.139. The molecule has 10 aromatic heterocycles. The van der Waals surface area contributed by atoms with E-state index in [4.69, 9.17) is 68.9 Å². The van der Waals surface area contributed by atoms with Crippen molar-refractivity contribution in [3.8, 4) is 12.1 Å². The fraction of sp³-hybridized carbons (Fsp3) is 0.412. The van der Waals surface area contributed by atoms with E-state index in [1.165, 1.54) is 54.8 Å². The van der Waals surface area contributed by atoms with Gasteiger partial charge in [0.2, 0.25) is 47.5 Å². The number of carbonyl (C=O) groups is 3. The summed E-state index contributed by atoms with van der Waals surface area (Å²) in [5.74, 6) is 0.353. The molecule has 2 aliphatic rings. The van der Waals surface area contributed by atoms with Gasteiger partial charge in [-0.15, -0.1) is 0 Å². The van der Waals surface area contributed by atoms with E-state index in [0.717, 1.165) is 80.7 Å². The molecule has 49 heteroatoms. The highest BCUT2D eigenvalue weighted by atomic mass is 79.9. The van der Waals surface area contributed by atoms with E-state index in [2.05, 4.69) is 151 Å². The minimum atomic E-state index is -4.52. The summed E-state index contributed by atoms with van der Waals surface area (Å²) in [5.41, 5.74) is 10.2. The second-order valence-electron chi connectivity index (χ2n) is 28.1. The third kappa shape index (κ3) is 24.0. The first-order valence-corrected chi connectivity index (χ1v) is 41.0. The number of thiazole rings is 5. The molecule has 10 heterocycles. The predicted molar refractivity (Wildman–Crippen MR) is 439 cm³/mol. The van der Waals surface area contributed by atoms with Crippen LogP contribution in [-0.4, -0.2) is 98.5 Å². The molecule has 2 aliphatic carbocycles. The molecule has 12 rings (SSSR count). The number of nitrogens with zero attached hydrogens (tertiary/aromatic N) is 17. The molecule has 0 bridgehead atoms. The van der Waals surface area contributed by atoms with Crippen LogP contribution in [0.15, 0.2) is 39.9 Å². The maximum Gasteiger partial charge on any atom is 0.419 e. The zero-order chi connectivity index (χ0) is 87.4. The second-order valence-corrected chi connectivity index (χ2v) is 36.3. The number of nitrogens with two attached hydrogens (primary N) is 3. The Hall–Kier alpha value is -8.77. The van der Waals surface area contributed by atoms with Crippen molar-refractivity contribution in [1.29, 1.82) is 10.5 Å². The van der Waals surface area contributed by atoms with E-state index >= 15 is 0 Å². The van der Waals surface area contributed by atoms with Crippen LogP contribution in [-0.2, 0) is 60.0 Å². The van der Waals surface area contributed by atoms with Gasteiger partial charge < -0.3 is 49.1 Å². The Balaban J connectivity index is 0.000000183. The Morgan fingerprint density at radius 1 is 0.410 bits per heavy atom. The van der Waals surface area contributed by atoms with Crippen molar-refractivity contribution in [3.05, 3.63) is 131 Å². The minimum Gasteiger partial charge on any atom is -0.369 e. The van der Waals surface area contributed by atoms with Gasteiger partial charge in [0, 0.05) is 42.9 Å². The number of aryl methyl sites for hydroxylation is 4. The lowest BCUT2D eigenvalue weighted by Gasteiger charge is -2.16. The topological polar surface area (TPSA) is 442 Å². The smallest absolute Gasteiger partial charge is 0.369 e. The van der Waals surface area contributed by atoms with E-state index in [1.54, 1.807) is 81.6 Å². The number of hydrogen-bond donors (Lipinski definition) is 9. The number of carbonyl (C=O) groups excluding carboxylic acids is 3. The molecule has 2 fully saturated rings. The summed E-state index contributed by atoms with van der Waals surface area (Å²) in [4.78, 5) is 95.3. The number of nitriles is 2. The van der Waals surface area contributed by atoms with E-state index in [1.807, 2.05) is 6.92 Å². The Morgan fingerprint density at radius 3 is 0.974 bits per heavy atom. The highest BCUT2D eigenvalue weighted by molar-refractivity contribution is 9.11. The Bertz CT molecular complexity index is 5450. The van der Waals surface area contributed by atoms with Crippen LogP contribution in [0.4, 0.5) is 100 Å². The molecule has 0 radical (unpaired) electrons. The van der Waals surface area contributed by atoms with Crippen molar-refractivity contribution < 1.29 is 53.9 Å². The molecule has 12 N–H and O–H groups in total. The summed E-state index contributed by atoms with van der Waals surface area (Å²) in [5, 5.41) is 42.0. The zero-order valence-electron chi connectivity index (χ0n) is 63.6. The van der Waals surface area contributed by atoms with Gasteiger partial charge in [-0.05, 0) is 154 Å². The zero-order valence-corrected chi connectivity index (χ0v) is 73.9. The molecule has 3 amide bonds. The summed E-state index contributed by atoms with van der Waals surface area (Å²) in [7, 11) is 0. The first-order valence-electron chi connectivity index (χ1n) is 33.8. The van der Waals surface area contributed by atoms with Crippen LogP contribution in [0, 0.1) is 50.4 Å². The van der Waals surface area contributed by atoms with Crippen molar-refractivity contribution in [2.24, 2.45) is 17.2 Å². The number of nitrogens with one attached hydrogen (secondary N) is 6. The molecule has 0 spiro atoms. The van der Waals surface area contributed by atoms with Crippen LogP contribution >= 0.6 is 135 Å². The van der Waals surface area contributed by atoms with Crippen molar-refractivity contribution in [2.45, 2.75) is 180 Å². The monoisotopic (exact) mass is 1930 g/mol. The summed E-state index contributed by atoms with van der Waals surface area (Å²) >= 11 is 37.0. The quantitative estimate of drug-likeness (QED) is 0.0302. The highest BCUT2D eigenvalue weighted by Gasteiger charge is 2.40. The number of hydrogen-bond acceptors (Lipinski definition) is 31. The van der Waals surface area contributed by atoms with E-state index in [9.17, 15) is 59.2 Å². The molecule has 10 aromatic rings. The van der Waals surface area contributed by atoms with Crippen LogP contribution in [0.5, 0.6) is 0 Å². The highest BCUT2D eigenvalue weighted by Crippen LogP contribution is 2.48. The normalized spacial score (nSPS) is 13.2. The number of rotatable bonds is 21. The van der Waals surface area contributed by atoms with Crippen LogP contribution in [0.3, 0.4) is 0 Å². The standard InChI is InChI=1S/C16H16F3N5S.C14H16BrClN6OS.C13H13ClF3N5OS.C13H11ClF3N5S.C12H13BrClN5OS/c1-8-10(16(17,18)19)6-21-14(22-8)24-12-11(9-4-5-9)23-13(25-12)15(2,3)7-20;1-14(2,11(17)23)12-20-8(16)10(24-12)22-13-18-5-7(15)9(21-13)19-6-3-4-6;1-5-6(13(15,16)17)4-19-11(20-5)22-8-7(14)21-10(24-8)12(2,3)9(18)23;1-6-7(13(15,16)17)4-19-11(20-6)22-9-8(14)21-10(23-9)12(2,3)5-18;1-5-6(13)4-16-11(17-5)19-8-7(14)18-10(21-8)12(2,3)9(15)20/h6,9H,4-5H2,1-3H3,(H,21,22,24);5-6H,3-4H2,1-2H3,(H2,17,23)(H2,18,19,21,22);4H,1-3H3,(H2,18,23)(H,19,20,22);4H,1-3H3,(H,19,20,22);4H,1-3H3,(H2,15,20)(H,16,17,19). The van der Waals surface area contributed by atoms with Gasteiger partial charge in [-0.3, -0.25) is 14.4 Å². The van der Waals surface area contributed by atoms with Gasteiger partial charge in [-0.25, -0.2) is 69.8 Å². The van der Waals surface area contributed by atoms with Crippen LogP contribution in [0.2, 0.25) is 20.6 Å². The minimum absolute atomic E-state index is 0.0256. The predicted octanol–water partition coefficient (Wildman–Crippen LogP) is 19.2. The Labute approximate surface area is 719 Å².